The van der Waals surface area contributed by atoms with Gasteiger partial charge in [-0.15, -0.1) is 0 Å². The first-order valence-electron chi connectivity index (χ1n) is 9.52. The van der Waals surface area contributed by atoms with Gasteiger partial charge in [0, 0.05) is 62.9 Å². The molecule has 0 unspecified atom stereocenters. The van der Waals surface area contributed by atoms with Crippen molar-refractivity contribution in [2.75, 3.05) is 26.3 Å². The summed E-state index contributed by atoms with van der Waals surface area (Å²) >= 11 is 0. The van der Waals surface area contributed by atoms with E-state index in [4.69, 9.17) is 9.47 Å². The molecule has 2 atom stereocenters. The summed E-state index contributed by atoms with van der Waals surface area (Å²) in [6.45, 7) is 5.34. The number of hydrogen-bond donors (Lipinski definition) is 0. The maximum absolute atomic E-state index is 6.17. The van der Waals surface area contributed by atoms with Crippen molar-refractivity contribution in [3.8, 4) is 0 Å². The summed E-state index contributed by atoms with van der Waals surface area (Å²) in [5.74, 6) is 0. The van der Waals surface area contributed by atoms with E-state index in [-0.39, 0.29) is 5.41 Å². The van der Waals surface area contributed by atoms with Gasteiger partial charge in [0.25, 0.3) is 0 Å². The fourth-order valence-electron chi connectivity index (χ4n) is 4.39. The van der Waals surface area contributed by atoms with E-state index in [1.165, 1.54) is 17.5 Å². The highest BCUT2D eigenvalue weighted by atomic mass is 16.5. The molecule has 2 aliphatic rings. The van der Waals surface area contributed by atoms with Gasteiger partial charge < -0.3 is 9.47 Å². The highest BCUT2D eigenvalue weighted by Gasteiger charge is 2.46. The number of rotatable bonds is 6. The fourth-order valence-corrected chi connectivity index (χ4v) is 4.39. The Bertz CT molecular complexity index is 705. The molecule has 0 amide bonds. The molecular formula is C20H28N4O2. The monoisotopic (exact) mass is 356 g/mol. The predicted octanol–water partition coefficient (Wildman–Crippen LogP) is 2.40. The third kappa shape index (κ3) is 3.98. The summed E-state index contributed by atoms with van der Waals surface area (Å²) in [4.78, 5) is 6.61. The van der Waals surface area contributed by atoms with Crippen molar-refractivity contribution in [3.05, 3.63) is 48.0 Å². The lowest BCUT2D eigenvalue weighted by Crippen LogP contribution is -2.56. The molecule has 4 rings (SSSR count). The second-order valence-electron chi connectivity index (χ2n) is 7.70. The van der Waals surface area contributed by atoms with E-state index in [9.17, 15) is 0 Å². The molecule has 0 saturated carbocycles. The molecule has 140 valence electrons. The van der Waals surface area contributed by atoms with Gasteiger partial charge in [-0.05, 0) is 37.0 Å². The van der Waals surface area contributed by atoms with Gasteiger partial charge in [-0.2, -0.15) is 5.10 Å². The second-order valence-corrected chi connectivity index (χ2v) is 7.70. The van der Waals surface area contributed by atoms with E-state index in [0.29, 0.717) is 12.7 Å². The molecule has 0 bridgehead atoms. The lowest BCUT2D eigenvalue weighted by molar-refractivity contribution is -0.155. The third-order valence-corrected chi connectivity index (χ3v) is 5.64. The molecule has 0 radical (unpaired) electrons. The highest BCUT2D eigenvalue weighted by molar-refractivity contribution is 5.08. The third-order valence-electron chi connectivity index (χ3n) is 5.64. The number of aryl methyl sites for hydroxylation is 1. The molecule has 0 N–H and O–H groups in total. The van der Waals surface area contributed by atoms with Crippen molar-refractivity contribution < 1.29 is 9.47 Å². The average Bonchev–Trinajstić information content (AvgIpc) is 3.07. The first-order valence-corrected chi connectivity index (χ1v) is 9.52. The second kappa shape index (κ2) is 7.86. The van der Waals surface area contributed by atoms with E-state index < -0.39 is 0 Å². The van der Waals surface area contributed by atoms with Crippen LogP contribution in [0.25, 0.3) is 0 Å². The minimum atomic E-state index is 0.103. The Labute approximate surface area is 155 Å². The molecule has 26 heavy (non-hydrogen) atoms. The minimum absolute atomic E-state index is 0.103. The largest absolute Gasteiger partial charge is 0.377 e. The molecule has 0 aliphatic carbocycles. The number of nitrogens with zero attached hydrogens (tertiary/aromatic N) is 4. The first-order chi connectivity index (χ1) is 12.7. The maximum Gasteiger partial charge on any atom is 0.0718 e. The van der Waals surface area contributed by atoms with Crippen LogP contribution in [-0.2, 0) is 29.7 Å². The van der Waals surface area contributed by atoms with Gasteiger partial charge in [0.2, 0.25) is 0 Å². The van der Waals surface area contributed by atoms with Crippen LogP contribution in [0.15, 0.2) is 36.9 Å². The van der Waals surface area contributed by atoms with Gasteiger partial charge in [-0.25, -0.2) is 0 Å². The molecule has 2 fully saturated rings. The van der Waals surface area contributed by atoms with Gasteiger partial charge >= 0.3 is 0 Å². The molecule has 2 saturated heterocycles. The van der Waals surface area contributed by atoms with Crippen molar-refractivity contribution in [1.29, 1.82) is 0 Å². The quantitative estimate of drug-likeness (QED) is 0.796. The summed E-state index contributed by atoms with van der Waals surface area (Å²) in [6, 6.07) is 4.03. The molecule has 2 aromatic heterocycles. The fraction of sp³-hybridized carbons (Fsp3) is 0.600. The van der Waals surface area contributed by atoms with Crippen LogP contribution in [0.2, 0.25) is 0 Å². The van der Waals surface area contributed by atoms with Gasteiger partial charge in [-0.3, -0.25) is 14.6 Å². The molecule has 6 nitrogen and oxygen atoms in total. The lowest BCUT2D eigenvalue weighted by Gasteiger charge is -2.50. The summed E-state index contributed by atoms with van der Waals surface area (Å²) in [5, 5.41) is 4.30. The van der Waals surface area contributed by atoms with Gasteiger partial charge in [0.15, 0.2) is 0 Å². The van der Waals surface area contributed by atoms with E-state index in [0.717, 1.165) is 45.7 Å². The average molecular weight is 356 g/mol. The Kier molecular flexibility index (Phi) is 5.33. The van der Waals surface area contributed by atoms with Crippen molar-refractivity contribution in [3.63, 3.8) is 0 Å². The first kappa shape index (κ1) is 17.6. The van der Waals surface area contributed by atoms with Crippen LogP contribution in [0.3, 0.4) is 0 Å². The van der Waals surface area contributed by atoms with Crippen LogP contribution in [0.4, 0.5) is 0 Å². The number of ether oxygens (including phenoxy) is 2. The van der Waals surface area contributed by atoms with Crippen molar-refractivity contribution >= 4 is 0 Å². The number of pyridine rings is 1. The van der Waals surface area contributed by atoms with Gasteiger partial charge in [0.05, 0.1) is 25.5 Å². The Morgan fingerprint density at radius 3 is 3.00 bits per heavy atom. The molecule has 0 spiro atoms. The van der Waals surface area contributed by atoms with Crippen molar-refractivity contribution in [2.24, 2.45) is 12.5 Å². The summed E-state index contributed by atoms with van der Waals surface area (Å²) < 4.78 is 14.2. The zero-order chi connectivity index (χ0) is 17.8. The summed E-state index contributed by atoms with van der Waals surface area (Å²) in [5.41, 5.74) is 2.55. The van der Waals surface area contributed by atoms with Gasteiger partial charge in [0.1, 0.15) is 0 Å². The Hall–Kier alpha value is -1.76. The Morgan fingerprint density at radius 2 is 2.19 bits per heavy atom. The molecule has 4 heterocycles. The number of piperidine rings is 1. The molecule has 0 aromatic carbocycles. The molecule has 2 aromatic rings. The van der Waals surface area contributed by atoms with E-state index in [1.54, 1.807) is 0 Å². The van der Waals surface area contributed by atoms with Crippen LogP contribution < -0.4 is 0 Å². The number of likely N-dealkylation sites (tertiary alicyclic amines) is 1. The van der Waals surface area contributed by atoms with Gasteiger partial charge in [-0.1, -0.05) is 0 Å². The smallest absolute Gasteiger partial charge is 0.0718 e. The minimum Gasteiger partial charge on any atom is -0.377 e. The lowest BCUT2D eigenvalue weighted by atomic mass is 9.73. The van der Waals surface area contributed by atoms with Crippen LogP contribution >= 0.6 is 0 Å². The van der Waals surface area contributed by atoms with Crippen LogP contribution in [0, 0.1) is 5.41 Å². The zero-order valence-electron chi connectivity index (χ0n) is 15.5. The summed E-state index contributed by atoms with van der Waals surface area (Å²) in [7, 11) is 1.97. The SMILES string of the molecule is Cn1cc(CN2CC[C@H]3OCCC[C@]3(COCc3ccncc3)C2)cn1. The van der Waals surface area contributed by atoms with E-state index in [2.05, 4.69) is 21.2 Å². The van der Waals surface area contributed by atoms with Crippen LogP contribution in [0.5, 0.6) is 0 Å². The molecular weight excluding hydrogens is 328 g/mol. The molecule has 2 aliphatic heterocycles. The molecule has 6 heteroatoms. The van der Waals surface area contributed by atoms with Crippen molar-refractivity contribution in [1.82, 2.24) is 19.7 Å². The number of aromatic nitrogens is 3. The maximum atomic E-state index is 6.17. The standard InChI is InChI=1S/C20H28N4O2/c1-23-12-18(11-22-23)13-24-9-5-19-20(15-24,6-2-10-26-19)16-25-14-17-3-7-21-8-4-17/h3-4,7-8,11-12,19H,2,5-6,9-10,13-16H2,1H3/t19-,20-/m1/s1. The Balaban J connectivity index is 1.40. The van der Waals surface area contributed by atoms with E-state index >= 15 is 0 Å². The topological polar surface area (TPSA) is 52.4 Å². The van der Waals surface area contributed by atoms with Crippen molar-refractivity contribution in [2.45, 2.75) is 38.5 Å². The number of fused-ring (bicyclic) bond motifs is 1. The summed E-state index contributed by atoms with van der Waals surface area (Å²) in [6.07, 6.45) is 11.4. The zero-order valence-corrected chi connectivity index (χ0v) is 15.5. The van der Waals surface area contributed by atoms with Crippen LogP contribution in [-0.4, -0.2) is 52.1 Å². The van der Waals surface area contributed by atoms with Crippen LogP contribution in [0.1, 0.15) is 30.4 Å². The normalized spacial score (nSPS) is 26.6. The number of hydrogen-bond acceptors (Lipinski definition) is 5. The highest BCUT2D eigenvalue weighted by Crippen LogP contribution is 2.41. The predicted molar refractivity (Wildman–Crippen MR) is 98.4 cm³/mol. The van der Waals surface area contributed by atoms with E-state index in [1.807, 2.05) is 42.5 Å². The Morgan fingerprint density at radius 1 is 1.31 bits per heavy atom.